The van der Waals surface area contributed by atoms with Crippen LogP contribution >= 0.6 is 0 Å². The van der Waals surface area contributed by atoms with Gasteiger partial charge in [-0.1, -0.05) is 6.92 Å². The summed E-state index contributed by atoms with van der Waals surface area (Å²) in [6, 6.07) is 0.397. The SMILES string of the molecule is CCC1CN(CC(C)(NC2CC2)C(=O)O)CCO1. The minimum absolute atomic E-state index is 0.248. The molecule has 104 valence electrons. The van der Waals surface area contributed by atoms with E-state index in [1.54, 1.807) is 6.92 Å². The molecule has 2 unspecified atom stereocenters. The van der Waals surface area contributed by atoms with Crippen molar-refractivity contribution in [2.45, 2.75) is 50.8 Å². The number of hydrogen-bond acceptors (Lipinski definition) is 4. The average Bonchev–Trinajstić information content (AvgIpc) is 3.12. The summed E-state index contributed by atoms with van der Waals surface area (Å²) in [6.45, 7) is 6.82. The van der Waals surface area contributed by atoms with Crippen LogP contribution in [0.1, 0.15) is 33.1 Å². The third-order valence-corrected chi connectivity index (χ3v) is 3.79. The van der Waals surface area contributed by atoms with Gasteiger partial charge in [-0.25, -0.2) is 0 Å². The second-order valence-electron chi connectivity index (χ2n) is 5.69. The summed E-state index contributed by atoms with van der Waals surface area (Å²) in [5, 5.41) is 12.7. The third kappa shape index (κ3) is 3.43. The number of carboxylic acids is 1. The van der Waals surface area contributed by atoms with Crippen LogP contribution in [0.15, 0.2) is 0 Å². The number of rotatable bonds is 6. The molecule has 0 radical (unpaired) electrons. The van der Waals surface area contributed by atoms with Gasteiger partial charge >= 0.3 is 5.97 Å². The minimum atomic E-state index is -0.837. The molecule has 0 aromatic heterocycles. The Balaban J connectivity index is 1.92. The Bertz CT molecular complexity index is 307. The van der Waals surface area contributed by atoms with E-state index in [4.69, 9.17) is 4.74 Å². The van der Waals surface area contributed by atoms with Crippen molar-refractivity contribution >= 4 is 5.97 Å². The Hall–Kier alpha value is -0.650. The predicted octanol–water partition coefficient (Wildman–Crippen LogP) is 0.693. The van der Waals surface area contributed by atoms with Crippen LogP contribution < -0.4 is 5.32 Å². The van der Waals surface area contributed by atoms with E-state index in [2.05, 4.69) is 17.1 Å². The smallest absolute Gasteiger partial charge is 0.324 e. The van der Waals surface area contributed by atoms with Crippen LogP contribution in [0.2, 0.25) is 0 Å². The zero-order valence-electron chi connectivity index (χ0n) is 11.3. The van der Waals surface area contributed by atoms with Gasteiger partial charge in [0.2, 0.25) is 0 Å². The summed E-state index contributed by atoms with van der Waals surface area (Å²) >= 11 is 0. The molecule has 2 atom stereocenters. The molecule has 1 aliphatic heterocycles. The number of nitrogens with zero attached hydrogens (tertiary/aromatic N) is 1. The zero-order valence-corrected chi connectivity index (χ0v) is 11.3. The van der Waals surface area contributed by atoms with E-state index in [0.717, 1.165) is 32.4 Å². The van der Waals surface area contributed by atoms with Crippen molar-refractivity contribution in [3.8, 4) is 0 Å². The number of aliphatic carboxylic acids is 1. The van der Waals surface area contributed by atoms with Crippen molar-refractivity contribution in [3.63, 3.8) is 0 Å². The Morgan fingerprint density at radius 3 is 2.83 bits per heavy atom. The molecule has 1 saturated carbocycles. The van der Waals surface area contributed by atoms with Crippen LogP contribution in [0.4, 0.5) is 0 Å². The summed E-state index contributed by atoms with van der Waals surface area (Å²) < 4.78 is 5.62. The lowest BCUT2D eigenvalue weighted by Gasteiger charge is -2.38. The first kappa shape index (κ1) is 13.8. The van der Waals surface area contributed by atoms with Gasteiger partial charge in [0.25, 0.3) is 0 Å². The molecule has 2 N–H and O–H groups in total. The molecule has 2 rings (SSSR count). The Labute approximate surface area is 108 Å². The second-order valence-corrected chi connectivity index (χ2v) is 5.69. The molecule has 5 heteroatoms. The first-order valence-electron chi connectivity index (χ1n) is 6.88. The maximum Gasteiger partial charge on any atom is 0.324 e. The summed E-state index contributed by atoms with van der Waals surface area (Å²) in [5.74, 6) is -0.756. The van der Waals surface area contributed by atoms with E-state index in [9.17, 15) is 9.90 Å². The normalized spacial score (nSPS) is 28.9. The Morgan fingerprint density at radius 1 is 1.56 bits per heavy atom. The molecule has 2 aliphatic rings. The summed E-state index contributed by atoms with van der Waals surface area (Å²) in [7, 11) is 0. The Morgan fingerprint density at radius 2 is 2.28 bits per heavy atom. The van der Waals surface area contributed by atoms with Gasteiger partial charge in [-0.2, -0.15) is 0 Å². The van der Waals surface area contributed by atoms with Crippen LogP contribution in [-0.2, 0) is 9.53 Å². The van der Waals surface area contributed by atoms with E-state index in [-0.39, 0.29) is 6.10 Å². The minimum Gasteiger partial charge on any atom is -0.480 e. The van der Waals surface area contributed by atoms with Gasteiger partial charge in [0.15, 0.2) is 0 Å². The maximum atomic E-state index is 11.5. The highest BCUT2D eigenvalue weighted by Gasteiger charge is 2.40. The zero-order chi connectivity index (χ0) is 13.2. The van der Waals surface area contributed by atoms with Crippen molar-refractivity contribution < 1.29 is 14.6 Å². The summed E-state index contributed by atoms with van der Waals surface area (Å²) in [4.78, 5) is 13.7. The summed E-state index contributed by atoms with van der Waals surface area (Å²) in [5.41, 5.74) is -0.837. The molecule has 1 aliphatic carbocycles. The van der Waals surface area contributed by atoms with Crippen LogP contribution in [0.5, 0.6) is 0 Å². The van der Waals surface area contributed by atoms with Gasteiger partial charge in [0.1, 0.15) is 5.54 Å². The van der Waals surface area contributed by atoms with Gasteiger partial charge in [0, 0.05) is 25.7 Å². The first-order valence-corrected chi connectivity index (χ1v) is 6.88. The molecule has 2 fully saturated rings. The van der Waals surface area contributed by atoms with Gasteiger partial charge in [-0.15, -0.1) is 0 Å². The fraction of sp³-hybridized carbons (Fsp3) is 0.923. The molecule has 18 heavy (non-hydrogen) atoms. The van der Waals surface area contributed by atoms with E-state index in [1.165, 1.54) is 0 Å². The van der Waals surface area contributed by atoms with Crippen LogP contribution in [0, 0.1) is 0 Å². The van der Waals surface area contributed by atoms with E-state index >= 15 is 0 Å². The van der Waals surface area contributed by atoms with Crippen LogP contribution in [-0.4, -0.2) is 59.9 Å². The number of carboxylic acid groups (broad SMARTS) is 1. The average molecular weight is 256 g/mol. The van der Waals surface area contributed by atoms with Crippen molar-refractivity contribution in [1.82, 2.24) is 10.2 Å². The topological polar surface area (TPSA) is 61.8 Å². The molecule has 0 spiro atoms. The highest BCUT2D eigenvalue weighted by Crippen LogP contribution is 2.23. The quantitative estimate of drug-likeness (QED) is 0.732. The maximum absolute atomic E-state index is 11.5. The van der Waals surface area contributed by atoms with Gasteiger partial charge in [-0.3, -0.25) is 15.0 Å². The van der Waals surface area contributed by atoms with Gasteiger partial charge in [-0.05, 0) is 26.2 Å². The van der Waals surface area contributed by atoms with Crippen molar-refractivity contribution in [2.75, 3.05) is 26.2 Å². The van der Waals surface area contributed by atoms with Crippen LogP contribution in [0.25, 0.3) is 0 Å². The lowest BCUT2D eigenvalue weighted by molar-refractivity contribution is -0.146. The van der Waals surface area contributed by atoms with E-state index < -0.39 is 11.5 Å². The fourth-order valence-electron chi connectivity index (χ4n) is 2.47. The molecular formula is C13H24N2O3. The fourth-order valence-corrected chi connectivity index (χ4v) is 2.47. The number of morpholine rings is 1. The molecule has 0 amide bonds. The first-order chi connectivity index (χ1) is 8.53. The summed E-state index contributed by atoms with van der Waals surface area (Å²) in [6.07, 6.45) is 3.43. The van der Waals surface area contributed by atoms with Gasteiger partial charge in [0.05, 0.1) is 12.7 Å². The molecule has 0 aromatic rings. The lowest BCUT2D eigenvalue weighted by Crippen LogP contribution is -2.59. The standard InChI is InChI=1S/C13H24N2O3/c1-3-11-8-15(6-7-18-11)9-13(2,12(16)17)14-10-4-5-10/h10-11,14H,3-9H2,1-2H3,(H,16,17). The largest absolute Gasteiger partial charge is 0.480 e. The molecule has 5 nitrogen and oxygen atoms in total. The number of carbonyl (C=O) groups is 1. The van der Waals surface area contributed by atoms with Crippen molar-refractivity contribution in [1.29, 1.82) is 0 Å². The van der Waals surface area contributed by atoms with Crippen molar-refractivity contribution in [2.24, 2.45) is 0 Å². The molecular weight excluding hydrogens is 232 g/mol. The Kier molecular flexibility index (Phi) is 4.25. The molecule has 0 aromatic carbocycles. The molecule has 1 saturated heterocycles. The third-order valence-electron chi connectivity index (χ3n) is 3.79. The monoisotopic (exact) mass is 256 g/mol. The highest BCUT2D eigenvalue weighted by atomic mass is 16.5. The second kappa shape index (κ2) is 5.55. The molecule has 1 heterocycles. The van der Waals surface area contributed by atoms with Gasteiger partial charge < -0.3 is 9.84 Å². The highest BCUT2D eigenvalue weighted by molar-refractivity contribution is 5.78. The predicted molar refractivity (Wildman–Crippen MR) is 68.7 cm³/mol. The lowest BCUT2D eigenvalue weighted by atomic mass is 10.0. The van der Waals surface area contributed by atoms with Crippen molar-refractivity contribution in [3.05, 3.63) is 0 Å². The number of nitrogens with one attached hydrogen (secondary N) is 1. The van der Waals surface area contributed by atoms with Crippen LogP contribution in [0.3, 0.4) is 0 Å². The number of hydrogen-bond donors (Lipinski definition) is 2. The van der Waals surface area contributed by atoms with E-state index in [1.807, 2.05) is 0 Å². The number of ether oxygens (including phenoxy) is 1. The van der Waals surface area contributed by atoms with E-state index in [0.29, 0.717) is 19.2 Å². The molecule has 0 bridgehead atoms.